The number of carbonyl (C=O) groups excluding carboxylic acids is 3. The molecular weight excluding hydrogens is 442 g/mol. The smallest absolute Gasteiger partial charge is 0.255 e. The maximum atomic E-state index is 12.7. The standard InChI is InChI=1S/C24H27N3O5S/c1-2-24(13-12-21(28)27-23(24)30)18-8-10-19(11-9-18)26-22(29)17-4-3-5-20(14-17)33(31,32)25-15-16-6-7-16/h3-5,8-11,14,16,25H,2,6-7,12-13,15H2,1H3,(H,26,29)(H,27,28,30). The Bertz CT molecular complexity index is 1190. The Labute approximate surface area is 193 Å². The zero-order valence-electron chi connectivity index (χ0n) is 18.4. The van der Waals surface area contributed by atoms with Crippen LogP contribution in [0.3, 0.4) is 0 Å². The molecular formula is C24H27N3O5S. The minimum Gasteiger partial charge on any atom is -0.322 e. The molecule has 2 aliphatic rings. The van der Waals surface area contributed by atoms with Crippen LogP contribution >= 0.6 is 0 Å². The minimum atomic E-state index is -3.67. The third-order valence-corrected chi connectivity index (χ3v) is 7.85. The number of hydrogen-bond donors (Lipinski definition) is 3. The number of anilines is 1. The topological polar surface area (TPSA) is 121 Å². The lowest BCUT2D eigenvalue weighted by atomic mass is 9.72. The Kier molecular flexibility index (Phi) is 6.36. The van der Waals surface area contributed by atoms with Crippen molar-refractivity contribution in [2.24, 2.45) is 5.92 Å². The van der Waals surface area contributed by atoms with E-state index in [0.717, 1.165) is 18.4 Å². The average molecular weight is 470 g/mol. The van der Waals surface area contributed by atoms with Crippen LogP contribution in [0.25, 0.3) is 0 Å². The van der Waals surface area contributed by atoms with E-state index in [-0.39, 0.29) is 28.7 Å². The van der Waals surface area contributed by atoms with Gasteiger partial charge in [-0.25, -0.2) is 13.1 Å². The summed E-state index contributed by atoms with van der Waals surface area (Å²) in [5, 5.41) is 5.19. The number of imide groups is 1. The van der Waals surface area contributed by atoms with Crippen LogP contribution in [0.15, 0.2) is 53.4 Å². The van der Waals surface area contributed by atoms with Crippen LogP contribution < -0.4 is 15.4 Å². The number of hydrogen-bond acceptors (Lipinski definition) is 5. The number of piperidine rings is 1. The van der Waals surface area contributed by atoms with Crippen LogP contribution in [-0.2, 0) is 25.0 Å². The van der Waals surface area contributed by atoms with E-state index >= 15 is 0 Å². The molecule has 8 nitrogen and oxygen atoms in total. The molecule has 1 saturated carbocycles. The van der Waals surface area contributed by atoms with Gasteiger partial charge in [-0.3, -0.25) is 19.7 Å². The van der Waals surface area contributed by atoms with Gasteiger partial charge in [0.05, 0.1) is 10.3 Å². The first-order valence-electron chi connectivity index (χ1n) is 11.1. The second kappa shape index (κ2) is 9.07. The Morgan fingerprint density at radius 3 is 2.48 bits per heavy atom. The van der Waals surface area contributed by atoms with E-state index in [4.69, 9.17) is 0 Å². The molecule has 1 heterocycles. The largest absolute Gasteiger partial charge is 0.322 e. The Morgan fingerprint density at radius 2 is 1.85 bits per heavy atom. The third kappa shape index (κ3) is 4.99. The molecule has 174 valence electrons. The highest BCUT2D eigenvalue weighted by Gasteiger charge is 2.42. The second-order valence-corrected chi connectivity index (χ2v) is 10.4. The summed E-state index contributed by atoms with van der Waals surface area (Å²) in [6, 6.07) is 12.9. The lowest BCUT2D eigenvalue weighted by Crippen LogP contribution is -2.51. The lowest BCUT2D eigenvalue weighted by molar-refractivity contribution is -0.138. The van der Waals surface area contributed by atoms with Gasteiger partial charge in [-0.2, -0.15) is 0 Å². The van der Waals surface area contributed by atoms with Crippen LogP contribution in [0.4, 0.5) is 5.69 Å². The normalized spacial score (nSPS) is 20.9. The van der Waals surface area contributed by atoms with Crippen molar-refractivity contribution in [1.29, 1.82) is 0 Å². The molecule has 0 radical (unpaired) electrons. The molecule has 1 unspecified atom stereocenters. The van der Waals surface area contributed by atoms with Crippen LogP contribution in [0.5, 0.6) is 0 Å². The van der Waals surface area contributed by atoms with E-state index in [1.165, 1.54) is 18.2 Å². The van der Waals surface area contributed by atoms with E-state index in [2.05, 4.69) is 15.4 Å². The monoisotopic (exact) mass is 469 g/mol. The van der Waals surface area contributed by atoms with Gasteiger partial charge in [0.15, 0.2) is 0 Å². The molecule has 33 heavy (non-hydrogen) atoms. The molecule has 0 aromatic heterocycles. The van der Waals surface area contributed by atoms with Crippen molar-refractivity contribution in [2.45, 2.75) is 49.3 Å². The molecule has 2 fully saturated rings. The fraction of sp³-hybridized carbons (Fsp3) is 0.375. The number of amides is 3. The highest BCUT2D eigenvalue weighted by molar-refractivity contribution is 7.89. The van der Waals surface area contributed by atoms with E-state index < -0.39 is 21.3 Å². The van der Waals surface area contributed by atoms with Gasteiger partial charge >= 0.3 is 0 Å². The molecule has 9 heteroatoms. The summed E-state index contributed by atoms with van der Waals surface area (Å²) in [7, 11) is -3.67. The molecule has 3 amide bonds. The van der Waals surface area contributed by atoms with Gasteiger partial charge in [0.2, 0.25) is 21.8 Å². The van der Waals surface area contributed by atoms with Gasteiger partial charge in [0.25, 0.3) is 5.91 Å². The Morgan fingerprint density at radius 1 is 1.12 bits per heavy atom. The first-order valence-corrected chi connectivity index (χ1v) is 12.6. The van der Waals surface area contributed by atoms with Crippen LogP contribution in [0.2, 0.25) is 0 Å². The second-order valence-electron chi connectivity index (χ2n) is 8.67. The van der Waals surface area contributed by atoms with Gasteiger partial charge in [-0.1, -0.05) is 25.1 Å². The average Bonchev–Trinajstić information content (AvgIpc) is 3.64. The summed E-state index contributed by atoms with van der Waals surface area (Å²) in [5.41, 5.74) is 0.751. The van der Waals surface area contributed by atoms with Crippen molar-refractivity contribution >= 4 is 33.4 Å². The first-order chi connectivity index (χ1) is 15.7. The lowest BCUT2D eigenvalue weighted by Gasteiger charge is -2.35. The van der Waals surface area contributed by atoms with Gasteiger partial charge in [-0.05, 0) is 67.5 Å². The molecule has 0 spiro atoms. The molecule has 1 aliphatic heterocycles. The first kappa shape index (κ1) is 23.1. The summed E-state index contributed by atoms with van der Waals surface area (Å²) in [5.74, 6) is -0.597. The molecule has 0 bridgehead atoms. The number of nitrogens with one attached hydrogen (secondary N) is 3. The molecule has 1 saturated heterocycles. The van der Waals surface area contributed by atoms with Crippen molar-refractivity contribution in [3.8, 4) is 0 Å². The molecule has 3 N–H and O–H groups in total. The predicted molar refractivity (Wildman–Crippen MR) is 123 cm³/mol. The van der Waals surface area contributed by atoms with Gasteiger partial charge < -0.3 is 5.32 Å². The van der Waals surface area contributed by atoms with Crippen LogP contribution in [-0.4, -0.2) is 32.7 Å². The number of sulfonamides is 1. The van der Waals surface area contributed by atoms with E-state index in [0.29, 0.717) is 31.0 Å². The van der Waals surface area contributed by atoms with Crippen molar-refractivity contribution in [3.63, 3.8) is 0 Å². The summed E-state index contributed by atoms with van der Waals surface area (Å²) in [6.45, 7) is 2.32. The SMILES string of the molecule is CCC1(c2ccc(NC(=O)c3cccc(S(=O)(=O)NCC4CC4)c3)cc2)CCC(=O)NC1=O. The van der Waals surface area contributed by atoms with Crippen molar-refractivity contribution in [2.75, 3.05) is 11.9 Å². The molecule has 4 rings (SSSR count). The van der Waals surface area contributed by atoms with Crippen molar-refractivity contribution < 1.29 is 22.8 Å². The fourth-order valence-corrected chi connectivity index (χ4v) is 5.24. The number of benzene rings is 2. The number of carbonyl (C=O) groups is 3. The summed E-state index contributed by atoms with van der Waals surface area (Å²) in [4.78, 5) is 36.9. The van der Waals surface area contributed by atoms with E-state index in [1.807, 2.05) is 6.92 Å². The van der Waals surface area contributed by atoms with Crippen LogP contribution in [0, 0.1) is 5.92 Å². The van der Waals surface area contributed by atoms with Crippen LogP contribution in [0.1, 0.15) is 54.9 Å². The maximum Gasteiger partial charge on any atom is 0.255 e. The summed E-state index contributed by atoms with van der Waals surface area (Å²) < 4.78 is 27.6. The molecule has 1 atom stereocenters. The zero-order chi connectivity index (χ0) is 23.6. The van der Waals surface area contributed by atoms with E-state index in [9.17, 15) is 22.8 Å². The van der Waals surface area contributed by atoms with Crippen molar-refractivity contribution in [1.82, 2.24) is 10.0 Å². The zero-order valence-corrected chi connectivity index (χ0v) is 19.2. The Hall–Kier alpha value is -3.04. The predicted octanol–water partition coefficient (Wildman–Crippen LogP) is 2.71. The quantitative estimate of drug-likeness (QED) is 0.513. The van der Waals surface area contributed by atoms with E-state index in [1.54, 1.807) is 30.3 Å². The third-order valence-electron chi connectivity index (χ3n) is 6.43. The minimum absolute atomic E-state index is 0.0499. The van der Waals surface area contributed by atoms with Gasteiger partial charge in [0, 0.05) is 24.2 Å². The molecule has 2 aromatic carbocycles. The van der Waals surface area contributed by atoms with Gasteiger partial charge in [0.1, 0.15) is 0 Å². The summed E-state index contributed by atoms with van der Waals surface area (Å²) in [6.07, 6.45) is 3.34. The number of rotatable bonds is 8. The highest BCUT2D eigenvalue weighted by atomic mass is 32.2. The van der Waals surface area contributed by atoms with Crippen molar-refractivity contribution in [3.05, 3.63) is 59.7 Å². The summed E-state index contributed by atoms with van der Waals surface area (Å²) >= 11 is 0. The fourth-order valence-electron chi connectivity index (χ4n) is 4.08. The highest BCUT2D eigenvalue weighted by Crippen LogP contribution is 2.36. The Balaban J connectivity index is 1.47. The molecule has 1 aliphatic carbocycles. The maximum absolute atomic E-state index is 12.7. The molecule has 2 aromatic rings. The van der Waals surface area contributed by atoms with Gasteiger partial charge in [-0.15, -0.1) is 0 Å².